The number of nitro benzene ring substituents is 2. The molecule has 2 heterocycles. The molecule has 4 amide bonds. The van der Waals surface area contributed by atoms with Crippen molar-refractivity contribution in [1.82, 2.24) is 19.2 Å². The summed E-state index contributed by atoms with van der Waals surface area (Å²) in [7, 11) is -8.36. The van der Waals surface area contributed by atoms with Gasteiger partial charge in [-0.05, 0) is 133 Å². The first kappa shape index (κ1) is 60.8. The maximum atomic E-state index is 14.0. The Morgan fingerprint density at radius 1 is 0.554 bits per heavy atom. The van der Waals surface area contributed by atoms with E-state index in [4.69, 9.17) is 0 Å². The van der Waals surface area contributed by atoms with Crippen LogP contribution < -0.4 is 9.44 Å². The van der Waals surface area contributed by atoms with Gasteiger partial charge in [0, 0.05) is 38.3 Å². The number of rotatable bonds is 18. The summed E-state index contributed by atoms with van der Waals surface area (Å²) in [6.07, 6.45) is 6.94. The van der Waals surface area contributed by atoms with Crippen molar-refractivity contribution < 1.29 is 45.9 Å². The molecule has 2 atom stereocenters. The van der Waals surface area contributed by atoms with Crippen LogP contribution in [0.15, 0.2) is 153 Å². The van der Waals surface area contributed by atoms with Gasteiger partial charge in [-0.25, -0.2) is 26.3 Å². The zero-order valence-corrected chi connectivity index (χ0v) is 49.2. The van der Waals surface area contributed by atoms with E-state index < -0.39 is 65.4 Å². The molecule has 0 radical (unpaired) electrons. The fraction of sp³-hybridized carbons (Fsp3) is 0.290. The van der Waals surface area contributed by atoms with E-state index >= 15 is 0 Å². The van der Waals surface area contributed by atoms with Crippen molar-refractivity contribution in [2.24, 2.45) is 11.8 Å². The molecule has 0 aliphatic carbocycles. The van der Waals surface area contributed by atoms with Crippen LogP contribution in [0.3, 0.4) is 0 Å². The Morgan fingerprint density at radius 3 is 1.27 bits per heavy atom. The third kappa shape index (κ3) is 14.2. The van der Waals surface area contributed by atoms with Gasteiger partial charge in [0.15, 0.2) is 0 Å². The lowest BCUT2D eigenvalue weighted by Gasteiger charge is -2.31. The molecule has 6 aromatic carbocycles. The third-order valence-electron chi connectivity index (χ3n) is 14.8. The van der Waals surface area contributed by atoms with E-state index in [0.717, 1.165) is 34.0 Å². The monoisotopic (exact) mass is 1180 g/mol. The first-order valence-corrected chi connectivity index (χ1v) is 30.9. The number of likely N-dealkylation sites (tertiary alicyclic amines) is 2. The Labute approximate surface area is 487 Å². The number of nitro groups is 2. The molecule has 2 unspecified atom stereocenters. The molecule has 2 N–H and O–H groups in total. The number of aryl methyl sites for hydroxylation is 2. The van der Waals surface area contributed by atoms with Crippen LogP contribution in [0.1, 0.15) is 98.6 Å². The number of piperidine rings is 2. The minimum Gasteiger partial charge on any atom is -0.338 e. The number of carbonyl (C=O) groups is 4. The summed E-state index contributed by atoms with van der Waals surface area (Å²) in [5, 5.41) is 27.3. The number of nitrogens with one attached hydrogen (secondary N) is 2. The topological polar surface area (TPSA) is 253 Å². The molecule has 83 heavy (non-hydrogen) atoms. The van der Waals surface area contributed by atoms with E-state index in [1.165, 1.54) is 70.5 Å². The second kappa shape index (κ2) is 25.9. The lowest BCUT2D eigenvalue weighted by atomic mass is 9.89. The molecule has 18 nitrogen and oxygen atoms in total. The number of carbonyl (C=O) groups excluding carboxylic acids is 4. The van der Waals surface area contributed by atoms with E-state index in [1.54, 1.807) is 74.5 Å². The Kier molecular flexibility index (Phi) is 19.0. The van der Waals surface area contributed by atoms with Gasteiger partial charge in [0.05, 0.1) is 52.4 Å². The predicted octanol–water partition coefficient (Wildman–Crippen LogP) is 11.4. The van der Waals surface area contributed by atoms with Gasteiger partial charge < -0.3 is 9.80 Å². The maximum absolute atomic E-state index is 14.0. The second-order valence-electron chi connectivity index (χ2n) is 21.3. The second-order valence-corrected chi connectivity index (χ2v) is 25.8. The molecule has 0 saturated carbocycles. The minimum atomic E-state index is -4.18. The molecular formula is C62H64N6O12S3. The highest BCUT2D eigenvalue weighted by molar-refractivity contribution is 7.99. The van der Waals surface area contributed by atoms with E-state index in [2.05, 4.69) is 9.44 Å². The highest BCUT2D eigenvalue weighted by Crippen LogP contribution is 2.50. The van der Waals surface area contributed by atoms with Crippen molar-refractivity contribution in [3.05, 3.63) is 187 Å². The van der Waals surface area contributed by atoms with Crippen LogP contribution in [-0.2, 0) is 39.2 Å². The molecule has 6 aromatic rings. The Balaban J connectivity index is 1.13. The summed E-state index contributed by atoms with van der Waals surface area (Å²) in [5.41, 5.74) is 4.31. The van der Waals surface area contributed by atoms with E-state index in [0.29, 0.717) is 36.8 Å². The molecule has 8 rings (SSSR count). The molecular weight excluding hydrogens is 1120 g/mol. The standard InChI is InChI=1S/C62H64N6O12S3/c1-39(2)49-15-7-9-17-51(49)57-43(25-33-55(69)65-35-11-13-45(37-65)61(71)63-82(77,78)47-27-19-41(5)20-28-47)23-31-53(59(57)67(73)74)81-54-32-24-44(58(60(54)68(75)76)52-18-10-8-16-50(52)40(3)4)26-34-56(70)66-36-12-14-46(38-66)62(72)64-83(79,80)48-29-21-42(6)22-30-48/h7-10,15-34,39-40,45-46H,11-14,35-38H2,1-6H3,(H,63,71)(H,64,72)/b33-25+,34-26+. The normalized spacial score (nSPS) is 15.9. The van der Waals surface area contributed by atoms with Crippen molar-refractivity contribution in [1.29, 1.82) is 0 Å². The minimum absolute atomic E-state index is 0.0533. The molecule has 0 bridgehead atoms. The third-order valence-corrected chi connectivity index (χ3v) is 18.6. The fourth-order valence-corrected chi connectivity index (χ4v) is 13.6. The molecule has 0 spiro atoms. The van der Waals surface area contributed by atoms with Gasteiger partial charge in [-0.15, -0.1) is 0 Å². The summed E-state index contributed by atoms with van der Waals surface area (Å²) < 4.78 is 56.7. The first-order valence-electron chi connectivity index (χ1n) is 27.1. The van der Waals surface area contributed by atoms with E-state index in [1.807, 2.05) is 52.0 Å². The number of benzene rings is 6. The predicted molar refractivity (Wildman–Crippen MR) is 319 cm³/mol. The average Bonchev–Trinajstić information content (AvgIpc) is 3.64. The van der Waals surface area contributed by atoms with Crippen LogP contribution in [0.5, 0.6) is 0 Å². The highest BCUT2D eigenvalue weighted by atomic mass is 32.2. The molecule has 2 saturated heterocycles. The molecule has 0 aromatic heterocycles. The maximum Gasteiger partial charge on any atom is 0.291 e. The lowest BCUT2D eigenvalue weighted by molar-refractivity contribution is -0.387. The van der Waals surface area contributed by atoms with Crippen molar-refractivity contribution in [2.75, 3.05) is 26.2 Å². The number of amides is 4. The van der Waals surface area contributed by atoms with Crippen molar-refractivity contribution >= 4 is 79.0 Å². The summed E-state index contributed by atoms with van der Waals surface area (Å²) in [5.74, 6) is -4.44. The lowest BCUT2D eigenvalue weighted by Crippen LogP contribution is -2.46. The van der Waals surface area contributed by atoms with Crippen LogP contribution in [-0.4, -0.2) is 86.3 Å². The summed E-state index contributed by atoms with van der Waals surface area (Å²) >= 11 is 0.824. The summed E-state index contributed by atoms with van der Waals surface area (Å²) in [6.45, 7) is 11.8. The number of hydrogen-bond donors (Lipinski definition) is 2. The Bertz CT molecular complexity index is 3560. The average molecular weight is 1180 g/mol. The fourth-order valence-electron chi connectivity index (χ4n) is 10.4. The Hall–Kier alpha value is -8.27. The summed E-state index contributed by atoms with van der Waals surface area (Å²) in [4.78, 5) is 83.8. The smallest absolute Gasteiger partial charge is 0.291 e. The zero-order valence-electron chi connectivity index (χ0n) is 46.7. The SMILES string of the molecule is Cc1ccc(S(=O)(=O)NC(=O)C2CCCN(C(=O)/C=C/c3ccc(Sc4ccc(/C=C/C(=O)N5CCCC(C(=O)NS(=O)(=O)c6ccc(C)cc6)C5)c(-c5ccccc5C(C)C)c4[N+](=O)[O-])c([N+](=O)[O-])c3-c3ccccc3C(C)C)C2)cc1. The number of sulfonamides is 2. The highest BCUT2D eigenvalue weighted by Gasteiger charge is 2.35. The van der Waals surface area contributed by atoms with Crippen molar-refractivity contribution in [2.45, 2.75) is 98.6 Å². The largest absolute Gasteiger partial charge is 0.338 e. The van der Waals surface area contributed by atoms with E-state index in [9.17, 15) is 56.2 Å². The van der Waals surface area contributed by atoms with Gasteiger partial charge in [0.25, 0.3) is 31.4 Å². The van der Waals surface area contributed by atoms with Crippen LogP contribution in [0.25, 0.3) is 34.4 Å². The quantitative estimate of drug-likeness (QED) is 0.0462. The molecule has 2 aliphatic rings. The van der Waals surface area contributed by atoms with Crippen molar-refractivity contribution in [3.63, 3.8) is 0 Å². The first-order chi connectivity index (χ1) is 39.4. The van der Waals surface area contributed by atoms with Gasteiger partial charge in [-0.2, -0.15) is 0 Å². The Morgan fingerprint density at radius 2 is 0.916 bits per heavy atom. The van der Waals surface area contributed by atoms with Crippen molar-refractivity contribution in [3.8, 4) is 22.3 Å². The van der Waals surface area contributed by atoms with Gasteiger partial charge in [-0.1, -0.05) is 136 Å². The van der Waals surface area contributed by atoms with Gasteiger partial charge in [-0.3, -0.25) is 39.4 Å². The number of nitrogens with zero attached hydrogens (tertiary/aromatic N) is 4. The number of hydrogen-bond acceptors (Lipinski definition) is 13. The molecule has 2 fully saturated rings. The van der Waals surface area contributed by atoms with Gasteiger partial charge >= 0.3 is 0 Å². The zero-order chi connectivity index (χ0) is 59.9. The van der Waals surface area contributed by atoms with Crippen LogP contribution >= 0.6 is 11.8 Å². The molecule has 2 aliphatic heterocycles. The van der Waals surface area contributed by atoms with Crippen LogP contribution in [0.4, 0.5) is 11.4 Å². The molecule has 21 heteroatoms. The summed E-state index contributed by atoms with van der Waals surface area (Å²) in [6, 6.07) is 32.5. The van der Waals surface area contributed by atoms with Crippen LogP contribution in [0, 0.1) is 45.9 Å². The van der Waals surface area contributed by atoms with Gasteiger partial charge in [0.1, 0.15) is 0 Å². The van der Waals surface area contributed by atoms with Gasteiger partial charge in [0.2, 0.25) is 23.6 Å². The molecule has 432 valence electrons. The van der Waals surface area contributed by atoms with E-state index in [-0.39, 0.29) is 91.2 Å². The van der Waals surface area contributed by atoms with Crippen LogP contribution in [0.2, 0.25) is 0 Å².